The largest absolute Gasteiger partial charge is 0.364 e. The summed E-state index contributed by atoms with van der Waals surface area (Å²) in [5, 5.41) is 0.681. The molecule has 3 saturated heterocycles. The van der Waals surface area contributed by atoms with Gasteiger partial charge in [-0.2, -0.15) is 0 Å². The minimum atomic E-state index is -0.543. The Balaban J connectivity index is 1.48. The lowest BCUT2D eigenvalue weighted by molar-refractivity contribution is -0.978. The number of amides is 3. The van der Waals surface area contributed by atoms with Crippen LogP contribution < -0.4 is 20.4 Å². The van der Waals surface area contributed by atoms with Gasteiger partial charge < -0.3 is 15.5 Å². The monoisotopic (exact) mass is 454 g/mol. The number of nitrogens with one attached hydrogen (secondary N) is 2. The minimum absolute atomic E-state index is 0.161. The molecule has 3 fully saturated rings. The van der Waals surface area contributed by atoms with Crippen LogP contribution in [0.4, 0.5) is 5.69 Å². The molecule has 4 N–H and O–H groups in total. The van der Waals surface area contributed by atoms with Crippen molar-refractivity contribution < 1.29 is 24.2 Å². The summed E-state index contributed by atoms with van der Waals surface area (Å²) < 4.78 is 0. The Morgan fingerprint density at radius 2 is 1.70 bits per heavy atom. The van der Waals surface area contributed by atoms with Crippen LogP contribution in [-0.4, -0.2) is 55.5 Å². The first-order chi connectivity index (χ1) is 14.3. The number of carbonyl (C=O) groups is 3. The van der Waals surface area contributed by atoms with Gasteiger partial charge in [0.25, 0.3) is 11.8 Å². The van der Waals surface area contributed by atoms with E-state index in [4.69, 9.17) is 28.9 Å². The molecule has 1 atom stereocenters. The third kappa shape index (κ3) is 3.73. The molecule has 0 unspecified atom stereocenters. The molecule has 30 heavy (non-hydrogen) atoms. The summed E-state index contributed by atoms with van der Waals surface area (Å²) in [4.78, 5) is 41.8. The summed E-state index contributed by atoms with van der Waals surface area (Å²) >= 11 is 12.0. The maximum Gasteiger partial charge on any atom is 0.292 e. The molecule has 3 aliphatic heterocycles. The van der Waals surface area contributed by atoms with Crippen LogP contribution in [0.3, 0.4) is 0 Å². The van der Waals surface area contributed by atoms with Crippen LogP contribution in [0.25, 0.3) is 0 Å². The first-order valence-corrected chi connectivity index (χ1v) is 11.4. The summed E-state index contributed by atoms with van der Waals surface area (Å²) in [7, 11) is 0. The molecular formula is C21H28Cl2N4O3+2. The summed E-state index contributed by atoms with van der Waals surface area (Å²) in [6.07, 6.45) is 4.91. The highest BCUT2D eigenvalue weighted by Crippen LogP contribution is 2.30. The molecule has 9 heteroatoms. The van der Waals surface area contributed by atoms with Gasteiger partial charge in [0.05, 0.1) is 61.2 Å². The van der Waals surface area contributed by atoms with Crippen molar-refractivity contribution in [1.82, 2.24) is 0 Å². The molecule has 0 aliphatic carbocycles. The van der Waals surface area contributed by atoms with Crippen LogP contribution in [0.1, 0.15) is 38.5 Å². The first kappa shape index (κ1) is 21.6. The van der Waals surface area contributed by atoms with E-state index < -0.39 is 11.6 Å². The standard InChI is InChI=1S/C21H26Cl2N4O3/c22-15-5-4-14(12-16(15)23)27-18(28)13-17(19(27)29)25-10-6-21(7-11-25,20(24)30)26-8-2-1-3-9-26/h4-5,12,17H,1-3,6-11,13H2,(H2,24,30)/p+2/t17-/m0/s1. The quantitative estimate of drug-likeness (QED) is 0.540. The van der Waals surface area contributed by atoms with E-state index in [9.17, 15) is 14.4 Å². The predicted octanol–water partition coefficient (Wildman–Crippen LogP) is -0.403. The zero-order chi connectivity index (χ0) is 21.5. The fourth-order valence-corrected chi connectivity index (χ4v) is 5.72. The number of nitrogens with two attached hydrogens (primary N) is 1. The number of carbonyl (C=O) groups excluding carboxylic acids is 3. The molecule has 3 aliphatic rings. The molecule has 7 nitrogen and oxygen atoms in total. The topological polar surface area (TPSA) is 89.3 Å². The Morgan fingerprint density at radius 3 is 2.30 bits per heavy atom. The lowest BCUT2D eigenvalue weighted by Gasteiger charge is -2.44. The molecule has 162 valence electrons. The molecule has 0 aromatic heterocycles. The Kier molecular flexibility index (Phi) is 6.08. The molecule has 3 amide bonds. The van der Waals surface area contributed by atoms with Gasteiger partial charge >= 0.3 is 0 Å². The number of likely N-dealkylation sites (tertiary alicyclic amines) is 2. The Hall–Kier alpha value is -1.67. The number of nitrogens with zero attached hydrogens (tertiary/aromatic N) is 1. The minimum Gasteiger partial charge on any atom is -0.364 e. The van der Waals surface area contributed by atoms with E-state index in [1.807, 2.05) is 0 Å². The number of hydrogen-bond donors (Lipinski definition) is 3. The van der Waals surface area contributed by atoms with E-state index in [1.165, 1.54) is 16.2 Å². The summed E-state index contributed by atoms with van der Waals surface area (Å²) in [5.41, 5.74) is 5.79. The number of quaternary nitrogens is 2. The van der Waals surface area contributed by atoms with E-state index in [1.54, 1.807) is 18.2 Å². The summed E-state index contributed by atoms with van der Waals surface area (Å²) in [6.45, 7) is 3.27. The van der Waals surface area contributed by atoms with Crippen LogP contribution >= 0.6 is 23.2 Å². The van der Waals surface area contributed by atoms with Crippen molar-refractivity contribution in [1.29, 1.82) is 0 Å². The highest BCUT2D eigenvalue weighted by Gasteiger charge is 2.54. The summed E-state index contributed by atoms with van der Waals surface area (Å²) in [5.74, 6) is -0.681. The summed E-state index contributed by atoms with van der Waals surface area (Å²) in [6, 6.07) is 4.33. The van der Waals surface area contributed by atoms with Gasteiger partial charge in [0, 0.05) is 0 Å². The number of rotatable bonds is 4. The number of anilines is 1. The molecule has 0 spiro atoms. The van der Waals surface area contributed by atoms with Crippen molar-refractivity contribution in [3.63, 3.8) is 0 Å². The maximum atomic E-state index is 13.1. The number of imide groups is 1. The molecule has 0 bridgehead atoms. The van der Waals surface area contributed by atoms with E-state index in [0.717, 1.165) is 30.8 Å². The van der Waals surface area contributed by atoms with Gasteiger partial charge in [-0.15, -0.1) is 0 Å². The van der Waals surface area contributed by atoms with Crippen LogP contribution in [0.15, 0.2) is 18.2 Å². The normalized spacial score (nSPS) is 30.7. The van der Waals surface area contributed by atoms with Crippen molar-refractivity contribution in [3.05, 3.63) is 28.2 Å². The second-order valence-corrected chi connectivity index (χ2v) is 9.51. The molecule has 3 heterocycles. The Morgan fingerprint density at radius 1 is 1.03 bits per heavy atom. The van der Waals surface area contributed by atoms with Gasteiger partial charge in [-0.25, -0.2) is 4.90 Å². The zero-order valence-electron chi connectivity index (χ0n) is 16.9. The van der Waals surface area contributed by atoms with Gasteiger partial charge in [0.15, 0.2) is 11.6 Å². The number of benzene rings is 1. The van der Waals surface area contributed by atoms with Crippen molar-refractivity contribution in [2.24, 2.45) is 5.73 Å². The first-order valence-electron chi connectivity index (χ1n) is 10.6. The third-order valence-corrected chi connectivity index (χ3v) is 7.89. The Bertz CT molecular complexity index is 864. The molecular weight excluding hydrogens is 427 g/mol. The van der Waals surface area contributed by atoms with Crippen molar-refractivity contribution in [2.45, 2.75) is 50.1 Å². The van der Waals surface area contributed by atoms with Crippen LogP contribution in [0.5, 0.6) is 0 Å². The van der Waals surface area contributed by atoms with Gasteiger partial charge in [0.1, 0.15) is 0 Å². The van der Waals surface area contributed by atoms with Crippen molar-refractivity contribution >= 4 is 46.6 Å². The molecule has 1 aromatic rings. The van der Waals surface area contributed by atoms with Gasteiger partial charge in [-0.3, -0.25) is 14.4 Å². The van der Waals surface area contributed by atoms with Crippen LogP contribution in [0, 0.1) is 0 Å². The second-order valence-electron chi connectivity index (χ2n) is 8.69. The van der Waals surface area contributed by atoms with E-state index in [-0.39, 0.29) is 24.1 Å². The van der Waals surface area contributed by atoms with E-state index in [0.29, 0.717) is 41.7 Å². The van der Waals surface area contributed by atoms with E-state index >= 15 is 0 Å². The molecule has 1 aromatic carbocycles. The predicted molar refractivity (Wildman–Crippen MR) is 114 cm³/mol. The van der Waals surface area contributed by atoms with Crippen LogP contribution in [0.2, 0.25) is 10.0 Å². The maximum absolute atomic E-state index is 13.1. The highest BCUT2D eigenvalue weighted by atomic mass is 35.5. The smallest absolute Gasteiger partial charge is 0.292 e. The van der Waals surface area contributed by atoms with Gasteiger partial charge in [-0.05, 0) is 37.5 Å². The second kappa shape index (κ2) is 8.46. The van der Waals surface area contributed by atoms with Gasteiger partial charge in [-0.1, -0.05) is 23.2 Å². The molecule has 0 saturated carbocycles. The van der Waals surface area contributed by atoms with Crippen molar-refractivity contribution in [3.8, 4) is 0 Å². The van der Waals surface area contributed by atoms with Crippen LogP contribution in [-0.2, 0) is 14.4 Å². The number of halogens is 2. The third-order valence-electron chi connectivity index (χ3n) is 7.15. The fraction of sp³-hybridized carbons (Fsp3) is 0.571. The Labute approximate surface area is 186 Å². The lowest BCUT2D eigenvalue weighted by atomic mass is 9.83. The number of hydrogen-bond acceptors (Lipinski definition) is 3. The van der Waals surface area contributed by atoms with Crippen molar-refractivity contribution in [2.75, 3.05) is 31.1 Å². The molecule has 4 rings (SSSR count). The average molecular weight is 455 g/mol. The number of piperidine rings is 2. The lowest BCUT2D eigenvalue weighted by Crippen LogP contribution is -3.27. The fourth-order valence-electron chi connectivity index (χ4n) is 5.42. The van der Waals surface area contributed by atoms with Gasteiger partial charge in [0.2, 0.25) is 5.91 Å². The number of primary amides is 1. The highest BCUT2D eigenvalue weighted by molar-refractivity contribution is 6.42. The molecule has 0 radical (unpaired) electrons. The zero-order valence-corrected chi connectivity index (χ0v) is 18.4. The SMILES string of the molecule is NC(=O)C1([NH+]2CCCCC2)CC[NH+]([C@H]2CC(=O)N(c3ccc(Cl)c(Cl)c3)C2=O)CC1. The average Bonchev–Trinajstić information content (AvgIpc) is 3.04. The van der Waals surface area contributed by atoms with E-state index in [2.05, 4.69) is 0 Å².